The molecule has 30 heavy (non-hydrogen) atoms. The third-order valence-corrected chi connectivity index (χ3v) is 6.42. The van der Waals surface area contributed by atoms with Crippen LogP contribution in [0.2, 0.25) is 5.02 Å². The number of pyridine rings is 1. The van der Waals surface area contributed by atoms with Crippen molar-refractivity contribution in [3.63, 3.8) is 0 Å². The van der Waals surface area contributed by atoms with Gasteiger partial charge in [-0.3, -0.25) is 4.79 Å². The standard InChI is InChI=1S/C23H22ClN3O3/c1-12-21-18(11-30-12)16-8-14(4-7-19(16)26-22(21)25)23(29)27-9-17(20(28)10-27)13-2-5-15(24)6-3-13/h2-8,12,17,20,28H,9-11H2,1H3,(H2,25,26)/t12-,17+,20-/m1/s1. The van der Waals surface area contributed by atoms with Crippen LogP contribution >= 0.6 is 11.6 Å². The van der Waals surface area contributed by atoms with Crippen LogP contribution in [0.1, 0.15) is 46.0 Å². The average Bonchev–Trinajstić information content (AvgIpc) is 3.32. The molecular formula is C23H22ClN3O3. The Balaban J connectivity index is 1.45. The molecule has 1 amide bonds. The summed E-state index contributed by atoms with van der Waals surface area (Å²) in [4.78, 5) is 19.4. The molecule has 3 N–H and O–H groups in total. The summed E-state index contributed by atoms with van der Waals surface area (Å²) in [5.74, 6) is 0.242. The number of ether oxygens (including phenoxy) is 1. The summed E-state index contributed by atoms with van der Waals surface area (Å²) in [5.41, 5.74) is 10.3. The molecule has 0 radical (unpaired) electrons. The summed E-state index contributed by atoms with van der Waals surface area (Å²) in [5, 5.41) is 12.1. The van der Waals surface area contributed by atoms with Crippen LogP contribution in [0.3, 0.4) is 0 Å². The Labute approximate surface area is 179 Å². The molecule has 0 aliphatic carbocycles. The van der Waals surface area contributed by atoms with Gasteiger partial charge in [0.1, 0.15) is 5.82 Å². The number of nitrogen functional groups attached to an aromatic ring is 1. The van der Waals surface area contributed by atoms with Gasteiger partial charge < -0.3 is 20.5 Å². The average molecular weight is 424 g/mol. The summed E-state index contributed by atoms with van der Waals surface area (Å²) in [6.07, 6.45) is -0.722. The minimum Gasteiger partial charge on any atom is -0.391 e. The number of hydrogen-bond acceptors (Lipinski definition) is 5. The number of aromatic nitrogens is 1. The Kier molecular flexibility index (Phi) is 4.65. The number of nitrogens with two attached hydrogens (primary N) is 1. The second kappa shape index (κ2) is 7.23. The lowest BCUT2D eigenvalue weighted by Gasteiger charge is -2.17. The predicted molar refractivity (Wildman–Crippen MR) is 115 cm³/mol. The minimum absolute atomic E-state index is 0.106. The van der Waals surface area contributed by atoms with Gasteiger partial charge in [-0.15, -0.1) is 0 Å². The lowest BCUT2D eigenvalue weighted by Crippen LogP contribution is -2.29. The van der Waals surface area contributed by atoms with Gasteiger partial charge in [0.05, 0.1) is 24.3 Å². The van der Waals surface area contributed by atoms with Crippen LogP contribution < -0.4 is 5.73 Å². The number of anilines is 1. The SMILES string of the molecule is C[C@H]1OCc2c1c(N)nc1ccc(C(=O)N3C[C@@H](O)[C@H](c4ccc(Cl)cc4)C3)cc21. The van der Waals surface area contributed by atoms with Crippen LogP contribution in [0.15, 0.2) is 42.5 Å². The van der Waals surface area contributed by atoms with Crippen molar-refractivity contribution < 1.29 is 14.6 Å². The number of β-amino-alcohol motifs (C(OH)–C–C–N with tert-alkyl or cyclic N) is 1. The Hall–Kier alpha value is -2.67. The maximum Gasteiger partial charge on any atom is 0.253 e. The lowest BCUT2D eigenvalue weighted by atomic mass is 9.96. The highest BCUT2D eigenvalue weighted by Gasteiger charge is 2.35. The molecule has 3 atom stereocenters. The first-order valence-corrected chi connectivity index (χ1v) is 10.4. The number of halogens is 1. The van der Waals surface area contributed by atoms with Crippen molar-refractivity contribution in [2.75, 3.05) is 18.8 Å². The third-order valence-electron chi connectivity index (χ3n) is 6.17. The van der Waals surface area contributed by atoms with Gasteiger partial charge in [0.2, 0.25) is 0 Å². The maximum absolute atomic E-state index is 13.2. The zero-order valence-corrected chi connectivity index (χ0v) is 17.3. The highest BCUT2D eigenvalue weighted by Crippen LogP contribution is 2.38. The number of rotatable bonds is 2. The fraction of sp³-hybridized carbons (Fsp3) is 0.304. The Morgan fingerprint density at radius 1 is 1.23 bits per heavy atom. The normalized spacial score (nSPS) is 23.2. The number of likely N-dealkylation sites (tertiary alicyclic amines) is 1. The number of aliphatic hydroxyl groups excluding tert-OH is 1. The molecule has 1 fully saturated rings. The molecule has 5 rings (SSSR count). The molecule has 0 saturated carbocycles. The van der Waals surface area contributed by atoms with Crippen molar-refractivity contribution in [1.29, 1.82) is 0 Å². The molecule has 154 valence electrons. The van der Waals surface area contributed by atoms with Crippen molar-refractivity contribution in [1.82, 2.24) is 9.88 Å². The Morgan fingerprint density at radius 2 is 2.00 bits per heavy atom. The maximum atomic E-state index is 13.2. The fourth-order valence-corrected chi connectivity index (χ4v) is 4.70. The van der Waals surface area contributed by atoms with E-state index in [-0.39, 0.29) is 17.9 Å². The van der Waals surface area contributed by atoms with Crippen LogP contribution in [0.4, 0.5) is 5.82 Å². The monoisotopic (exact) mass is 423 g/mol. The molecule has 0 unspecified atom stereocenters. The number of aliphatic hydroxyl groups is 1. The third kappa shape index (κ3) is 3.12. The Morgan fingerprint density at radius 3 is 2.77 bits per heavy atom. The van der Waals surface area contributed by atoms with Crippen LogP contribution in [0.5, 0.6) is 0 Å². The quantitative estimate of drug-likeness (QED) is 0.656. The van der Waals surface area contributed by atoms with E-state index in [0.717, 1.165) is 27.6 Å². The van der Waals surface area contributed by atoms with Gasteiger partial charge in [-0.25, -0.2) is 4.98 Å². The molecule has 2 aliphatic rings. The number of benzene rings is 2. The number of carbonyl (C=O) groups excluding carboxylic acids is 1. The molecule has 1 aromatic heterocycles. The van der Waals surface area contributed by atoms with E-state index in [1.54, 1.807) is 23.1 Å². The molecule has 7 heteroatoms. The Bertz CT molecular complexity index is 1150. The fourth-order valence-electron chi connectivity index (χ4n) is 4.57. The summed E-state index contributed by atoms with van der Waals surface area (Å²) < 4.78 is 5.74. The van der Waals surface area contributed by atoms with Gasteiger partial charge >= 0.3 is 0 Å². The van der Waals surface area contributed by atoms with E-state index < -0.39 is 6.10 Å². The highest BCUT2D eigenvalue weighted by molar-refractivity contribution is 6.30. The van der Waals surface area contributed by atoms with Gasteiger partial charge in [0, 0.05) is 40.5 Å². The first-order chi connectivity index (χ1) is 14.4. The number of hydrogen-bond donors (Lipinski definition) is 2. The predicted octanol–water partition coefficient (Wildman–Crippen LogP) is 3.66. The minimum atomic E-state index is -0.615. The van der Waals surface area contributed by atoms with Gasteiger partial charge in [0.25, 0.3) is 5.91 Å². The van der Waals surface area contributed by atoms with Gasteiger partial charge in [-0.05, 0) is 48.4 Å². The van der Waals surface area contributed by atoms with Crippen LogP contribution in [0, 0.1) is 0 Å². The van der Waals surface area contributed by atoms with Crippen LogP contribution in [-0.2, 0) is 11.3 Å². The van der Waals surface area contributed by atoms with E-state index in [9.17, 15) is 9.90 Å². The largest absolute Gasteiger partial charge is 0.391 e. The topological polar surface area (TPSA) is 88.7 Å². The molecule has 3 aromatic rings. The molecule has 2 aliphatic heterocycles. The van der Waals surface area contributed by atoms with E-state index in [0.29, 0.717) is 36.1 Å². The molecule has 0 bridgehead atoms. The van der Waals surface area contributed by atoms with E-state index in [1.165, 1.54) is 0 Å². The van der Waals surface area contributed by atoms with Crippen molar-refractivity contribution in [2.24, 2.45) is 0 Å². The van der Waals surface area contributed by atoms with Crippen molar-refractivity contribution in [3.05, 3.63) is 69.7 Å². The molecule has 3 heterocycles. The summed E-state index contributed by atoms with van der Waals surface area (Å²) in [6.45, 7) is 3.16. The number of nitrogens with zero attached hydrogens (tertiary/aromatic N) is 2. The van der Waals surface area contributed by atoms with Crippen molar-refractivity contribution in [3.8, 4) is 0 Å². The van der Waals surface area contributed by atoms with E-state index in [1.807, 2.05) is 31.2 Å². The van der Waals surface area contributed by atoms with Crippen molar-refractivity contribution >= 4 is 34.2 Å². The van der Waals surface area contributed by atoms with E-state index in [4.69, 9.17) is 22.1 Å². The number of fused-ring (bicyclic) bond motifs is 3. The molecule has 0 spiro atoms. The highest BCUT2D eigenvalue weighted by atomic mass is 35.5. The summed E-state index contributed by atoms with van der Waals surface area (Å²) >= 11 is 5.97. The lowest BCUT2D eigenvalue weighted by molar-refractivity contribution is 0.0764. The summed E-state index contributed by atoms with van der Waals surface area (Å²) in [6, 6.07) is 12.9. The zero-order valence-electron chi connectivity index (χ0n) is 16.5. The van der Waals surface area contributed by atoms with Crippen molar-refractivity contribution in [2.45, 2.75) is 31.7 Å². The first-order valence-electron chi connectivity index (χ1n) is 9.99. The molecule has 1 saturated heterocycles. The summed E-state index contributed by atoms with van der Waals surface area (Å²) in [7, 11) is 0. The zero-order chi connectivity index (χ0) is 21.0. The first kappa shape index (κ1) is 19.3. The van der Waals surface area contributed by atoms with Crippen LogP contribution in [0.25, 0.3) is 10.9 Å². The van der Waals surface area contributed by atoms with Gasteiger partial charge in [-0.2, -0.15) is 0 Å². The molecule has 2 aromatic carbocycles. The molecular weight excluding hydrogens is 402 g/mol. The second-order valence-corrected chi connectivity index (χ2v) is 8.45. The number of carbonyl (C=O) groups is 1. The molecule has 6 nitrogen and oxygen atoms in total. The van der Waals surface area contributed by atoms with Gasteiger partial charge in [-0.1, -0.05) is 23.7 Å². The number of amides is 1. The van der Waals surface area contributed by atoms with E-state index in [2.05, 4.69) is 4.98 Å². The smallest absolute Gasteiger partial charge is 0.253 e. The van der Waals surface area contributed by atoms with Crippen LogP contribution in [-0.4, -0.2) is 40.1 Å². The van der Waals surface area contributed by atoms with Gasteiger partial charge in [0.15, 0.2) is 0 Å². The van der Waals surface area contributed by atoms with E-state index >= 15 is 0 Å². The second-order valence-electron chi connectivity index (χ2n) is 8.01.